The second-order valence-corrected chi connectivity index (χ2v) is 7.30. The first-order valence-electron chi connectivity index (χ1n) is 9.10. The van der Waals surface area contributed by atoms with E-state index in [9.17, 15) is 4.79 Å². The number of carbonyl (C=O) groups excluding carboxylic acids is 1. The predicted octanol–water partition coefficient (Wildman–Crippen LogP) is 4.57. The van der Waals surface area contributed by atoms with Gasteiger partial charge in [-0.25, -0.2) is 4.98 Å². The molecule has 3 rings (SSSR count). The molecule has 4 nitrogen and oxygen atoms in total. The number of unbranched alkanes of at least 4 members (excludes halogenated alkanes) is 2. The third-order valence-electron chi connectivity index (χ3n) is 4.43. The Morgan fingerprint density at radius 1 is 1.15 bits per heavy atom. The number of benzene rings is 2. The predicted molar refractivity (Wildman–Crippen MR) is 113 cm³/mol. The van der Waals surface area contributed by atoms with Crippen LogP contribution >= 0.6 is 15.9 Å². The van der Waals surface area contributed by atoms with Gasteiger partial charge in [0.1, 0.15) is 5.82 Å². The minimum Gasteiger partial charge on any atom is -0.352 e. The van der Waals surface area contributed by atoms with Gasteiger partial charge in [-0.2, -0.15) is 0 Å². The minimum absolute atomic E-state index is 0.0351. The molecule has 1 amide bonds. The van der Waals surface area contributed by atoms with Crippen molar-refractivity contribution >= 4 is 32.9 Å². The molecule has 1 N–H and O–H groups in total. The summed E-state index contributed by atoms with van der Waals surface area (Å²) in [6, 6.07) is 15.5. The van der Waals surface area contributed by atoms with Crippen LogP contribution in [0, 0.1) is 12.3 Å². The molecule has 0 bridgehead atoms. The van der Waals surface area contributed by atoms with Gasteiger partial charge in [-0.3, -0.25) is 4.79 Å². The average molecular weight is 424 g/mol. The SMILES string of the molecule is C#CCn1c(CCCCCNC(=O)c2cccc(Br)c2)nc2ccccc21. The molecule has 0 saturated heterocycles. The fraction of sp³-hybridized carbons (Fsp3) is 0.273. The van der Waals surface area contributed by atoms with Gasteiger partial charge in [0.15, 0.2) is 0 Å². The Morgan fingerprint density at radius 2 is 2.00 bits per heavy atom. The summed E-state index contributed by atoms with van der Waals surface area (Å²) >= 11 is 3.38. The zero-order valence-electron chi connectivity index (χ0n) is 15.1. The molecule has 5 heteroatoms. The van der Waals surface area contributed by atoms with Crippen LogP contribution in [-0.4, -0.2) is 22.0 Å². The van der Waals surface area contributed by atoms with E-state index in [4.69, 9.17) is 11.4 Å². The second-order valence-electron chi connectivity index (χ2n) is 6.38. The Bertz CT molecular complexity index is 971. The van der Waals surface area contributed by atoms with E-state index in [2.05, 4.69) is 37.8 Å². The number of halogens is 1. The molecule has 0 aliphatic carbocycles. The summed E-state index contributed by atoms with van der Waals surface area (Å²) in [4.78, 5) is 16.8. The molecule has 0 atom stereocenters. The van der Waals surface area contributed by atoms with Crippen molar-refractivity contribution in [3.63, 3.8) is 0 Å². The van der Waals surface area contributed by atoms with E-state index in [1.807, 2.05) is 42.5 Å². The monoisotopic (exact) mass is 423 g/mol. The molecule has 0 radical (unpaired) electrons. The summed E-state index contributed by atoms with van der Waals surface area (Å²) in [5.41, 5.74) is 2.75. The molecule has 0 saturated carbocycles. The number of nitrogens with one attached hydrogen (secondary N) is 1. The average Bonchev–Trinajstić information content (AvgIpc) is 3.02. The summed E-state index contributed by atoms with van der Waals surface area (Å²) in [5.74, 6) is 3.72. The number of amides is 1. The lowest BCUT2D eigenvalue weighted by Gasteiger charge is -2.07. The topological polar surface area (TPSA) is 46.9 Å². The number of rotatable bonds is 8. The largest absolute Gasteiger partial charge is 0.352 e. The molecule has 0 unspecified atom stereocenters. The molecule has 3 aromatic rings. The molecule has 0 aliphatic heterocycles. The number of imidazole rings is 1. The van der Waals surface area contributed by atoms with Crippen molar-refractivity contribution in [1.82, 2.24) is 14.9 Å². The zero-order valence-corrected chi connectivity index (χ0v) is 16.7. The maximum Gasteiger partial charge on any atom is 0.251 e. The normalized spacial score (nSPS) is 10.7. The van der Waals surface area contributed by atoms with Gasteiger partial charge in [-0.15, -0.1) is 6.42 Å². The molecule has 2 aromatic carbocycles. The number of carbonyl (C=O) groups is 1. The summed E-state index contributed by atoms with van der Waals surface area (Å²) in [6.45, 7) is 1.21. The number of aromatic nitrogens is 2. The molecule has 138 valence electrons. The Labute approximate surface area is 168 Å². The van der Waals surface area contributed by atoms with E-state index in [0.717, 1.165) is 47.0 Å². The van der Waals surface area contributed by atoms with Crippen LogP contribution in [-0.2, 0) is 13.0 Å². The van der Waals surface area contributed by atoms with Crippen molar-refractivity contribution in [3.05, 3.63) is 64.4 Å². The van der Waals surface area contributed by atoms with Crippen molar-refractivity contribution in [2.24, 2.45) is 0 Å². The number of para-hydroxylation sites is 2. The van der Waals surface area contributed by atoms with Crippen LogP contribution in [0.15, 0.2) is 53.0 Å². The van der Waals surface area contributed by atoms with Gasteiger partial charge in [0, 0.05) is 23.0 Å². The quantitative estimate of drug-likeness (QED) is 0.425. The molecular weight excluding hydrogens is 402 g/mol. The highest BCUT2D eigenvalue weighted by Crippen LogP contribution is 2.17. The number of hydrogen-bond donors (Lipinski definition) is 1. The summed E-state index contributed by atoms with van der Waals surface area (Å²) in [6.07, 6.45) is 9.38. The Morgan fingerprint density at radius 3 is 2.81 bits per heavy atom. The number of aryl methyl sites for hydroxylation is 1. The number of fused-ring (bicyclic) bond motifs is 1. The standard InChI is InChI=1S/C22H22BrN3O/c1-2-15-26-20-12-6-5-11-19(20)25-21(26)13-4-3-7-14-24-22(27)17-9-8-10-18(23)16-17/h1,5-6,8-12,16H,3-4,7,13-15H2,(H,24,27). The van der Waals surface area contributed by atoms with Gasteiger partial charge in [0.2, 0.25) is 0 Å². The van der Waals surface area contributed by atoms with Gasteiger partial charge >= 0.3 is 0 Å². The highest BCUT2D eigenvalue weighted by molar-refractivity contribution is 9.10. The molecular formula is C22H22BrN3O. The molecule has 0 aliphatic rings. The Kier molecular flexibility index (Phi) is 6.67. The van der Waals surface area contributed by atoms with Crippen LogP contribution < -0.4 is 5.32 Å². The molecule has 0 fully saturated rings. The lowest BCUT2D eigenvalue weighted by molar-refractivity contribution is 0.0953. The van der Waals surface area contributed by atoms with E-state index >= 15 is 0 Å². The van der Waals surface area contributed by atoms with Gasteiger partial charge < -0.3 is 9.88 Å². The summed E-state index contributed by atoms with van der Waals surface area (Å²) < 4.78 is 3.02. The first-order valence-corrected chi connectivity index (χ1v) is 9.89. The van der Waals surface area contributed by atoms with Gasteiger partial charge in [-0.1, -0.05) is 46.5 Å². The third kappa shape index (κ3) is 4.99. The van der Waals surface area contributed by atoms with Gasteiger partial charge in [0.05, 0.1) is 17.6 Å². The second kappa shape index (κ2) is 9.38. The first-order chi connectivity index (χ1) is 13.2. The van der Waals surface area contributed by atoms with E-state index in [-0.39, 0.29) is 5.91 Å². The minimum atomic E-state index is -0.0351. The van der Waals surface area contributed by atoms with E-state index in [0.29, 0.717) is 18.7 Å². The van der Waals surface area contributed by atoms with Crippen molar-refractivity contribution in [2.45, 2.75) is 32.2 Å². The third-order valence-corrected chi connectivity index (χ3v) is 4.93. The van der Waals surface area contributed by atoms with Gasteiger partial charge in [-0.05, 0) is 43.2 Å². The Hall–Kier alpha value is -2.58. The first kappa shape index (κ1) is 19.2. The van der Waals surface area contributed by atoms with Crippen molar-refractivity contribution in [1.29, 1.82) is 0 Å². The zero-order chi connectivity index (χ0) is 19.1. The Balaban J connectivity index is 1.45. The van der Waals surface area contributed by atoms with Crippen molar-refractivity contribution in [3.8, 4) is 12.3 Å². The lowest BCUT2D eigenvalue weighted by atomic mass is 10.1. The van der Waals surface area contributed by atoms with Crippen LogP contribution in [0.2, 0.25) is 0 Å². The van der Waals surface area contributed by atoms with E-state index < -0.39 is 0 Å². The van der Waals surface area contributed by atoms with E-state index in [1.54, 1.807) is 0 Å². The van der Waals surface area contributed by atoms with Crippen LogP contribution in [0.3, 0.4) is 0 Å². The maximum atomic E-state index is 12.1. The van der Waals surface area contributed by atoms with Crippen LogP contribution in [0.25, 0.3) is 11.0 Å². The highest BCUT2D eigenvalue weighted by atomic mass is 79.9. The number of nitrogens with zero attached hydrogens (tertiary/aromatic N) is 2. The van der Waals surface area contributed by atoms with Gasteiger partial charge in [0.25, 0.3) is 5.91 Å². The highest BCUT2D eigenvalue weighted by Gasteiger charge is 2.09. The molecule has 27 heavy (non-hydrogen) atoms. The number of terminal acetylenes is 1. The molecule has 1 aromatic heterocycles. The fourth-order valence-electron chi connectivity index (χ4n) is 3.10. The molecule has 1 heterocycles. The molecule has 0 spiro atoms. The van der Waals surface area contributed by atoms with Crippen molar-refractivity contribution < 1.29 is 4.79 Å². The van der Waals surface area contributed by atoms with Crippen LogP contribution in [0.5, 0.6) is 0 Å². The smallest absolute Gasteiger partial charge is 0.251 e. The van der Waals surface area contributed by atoms with Crippen LogP contribution in [0.4, 0.5) is 0 Å². The van der Waals surface area contributed by atoms with Crippen LogP contribution in [0.1, 0.15) is 35.4 Å². The number of hydrogen-bond acceptors (Lipinski definition) is 2. The van der Waals surface area contributed by atoms with E-state index in [1.165, 1.54) is 0 Å². The fourth-order valence-corrected chi connectivity index (χ4v) is 3.50. The maximum absolute atomic E-state index is 12.1. The lowest BCUT2D eigenvalue weighted by Crippen LogP contribution is -2.24. The summed E-state index contributed by atoms with van der Waals surface area (Å²) in [7, 11) is 0. The summed E-state index contributed by atoms with van der Waals surface area (Å²) in [5, 5.41) is 2.97. The van der Waals surface area contributed by atoms with Crippen molar-refractivity contribution in [2.75, 3.05) is 6.54 Å².